The summed E-state index contributed by atoms with van der Waals surface area (Å²) in [6.07, 6.45) is 12.2. The maximum absolute atomic E-state index is 13.0. The first kappa shape index (κ1) is 16.3. The smallest absolute Gasteiger partial charge is 0.155 e. The molecule has 0 spiro atoms. The molecule has 4 aliphatic rings. The Hall–Kier alpha value is -1.18. The quantitative estimate of drug-likeness (QED) is 0.667. The first-order valence-corrected chi connectivity index (χ1v) is 9.91. The van der Waals surface area contributed by atoms with Gasteiger partial charge in [-0.25, -0.2) is 0 Å². The number of allylic oxidation sites excluding steroid dienone is 4. The van der Waals surface area contributed by atoms with E-state index < -0.39 is 0 Å². The van der Waals surface area contributed by atoms with Gasteiger partial charge >= 0.3 is 0 Å². The molecule has 0 saturated heterocycles. The predicted molar refractivity (Wildman–Crippen MR) is 95.5 cm³/mol. The van der Waals surface area contributed by atoms with Crippen molar-refractivity contribution in [1.29, 1.82) is 0 Å². The maximum Gasteiger partial charge on any atom is 0.155 e. The number of Topliss-reactive ketones (excluding diaryl/α,β-unsaturated/α-hetero) is 1. The van der Waals surface area contributed by atoms with Crippen LogP contribution in [-0.4, -0.2) is 11.6 Å². The number of carbonyl (C=O) groups excluding carboxylic acids is 2. The zero-order valence-corrected chi connectivity index (χ0v) is 15.4. The fourth-order valence-electron chi connectivity index (χ4n) is 6.72. The molecule has 2 heteroatoms. The number of rotatable bonds is 2. The van der Waals surface area contributed by atoms with Gasteiger partial charge in [-0.3, -0.25) is 9.59 Å². The number of ketones is 2. The molecule has 0 radical (unpaired) electrons. The molecule has 2 saturated carbocycles. The SMILES string of the molecule is CCC(=O)C12CCC3C(CCC4=CC(=O)CCC43C)C1=CCC2C. The van der Waals surface area contributed by atoms with Crippen LogP contribution in [0.3, 0.4) is 0 Å². The molecule has 0 aromatic carbocycles. The summed E-state index contributed by atoms with van der Waals surface area (Å²) in [5.74, 6) is 2.46. The minimum absolute atomic E-state index is 0.155. The van der Waals surface area contributed by atoms with Gasteiger partial charge in [-0.1, -0.05) is 38.0 Å². The van der Waals surface area contributed by atoms with E-state index in [0.29, 0.717) is 42.2 Å². The Bertz CT molecular complexity index is 655. The molecule has 0 aliphatic heterocycles. The van der Waals surface area contributed by atoms with E-state index in [9.17, 15) is 9.59 Å². The van der Waals surface area contributed by atoms with E-state index in [1.165, 1.54) is 11.1 Å². The van der Waals surface area contributed by atoms with Gasteiger partial charge in [0.25, 0.3) is 0 Å². The van der Waals surface area contributed by atoms with E-state index in [-0.39, 0.29) is 10.8 Å². The summed E-state index contributed by atoms with van der Waals surface area (Å²) in [7, 11) is 0. The van der Waals surface area contributed by atoms with Crippen molar-refractivity contribution in [1.82, 2.24) is 0 Å². The molecular weight excluding hydrogens is 296 g/mol. The van der Waals surface area contributed by atoms with E-state index >= 15 is 0 Å². The maximum atomic E-state index is 13.0. The van der Waals surface area contributed by atoms with Gasteiger partial charge in [-0.05, 0) is 67.8 Å². The molecule has 5 atom stereocenters. The lowest BCUT2D eigenvalue weighted by molar-refractivity contribution is -0.131. The lowest BCUT2D eigenvalue weighted by Crippen LogP contribution is -2.50. The second kappa shape index (κ2) is 5.41. The first-order valence-electron chi connectivity index (χ1n) is 9.91. The monoisotopic (exact) mass is 326 g/mol. The molecule has 0 aromatic rings. The Morgan fingerprint density at radius 1 is 1.25 bits per heavy atom. The van der Waals surface area contributed by atoms with Crippen LogP contribution in [0.2, 0.25) is 0 Å². The molecule has 5 unspecified atom stereocenters. The van der Waals surface area contributed by atoms with Crippen LogP contribution in [0.4, 0.5) is 0 Å². The van der Waals surface area contributed by atoms with Crippen LogP contribution in [0.5, 0.6) is 0 Å². The first-order chi connectivity index (χ1) is 11.4. The zero-order chi connectivity index (χ0) is 17.1. The summed E-state index contributed by atoms with van der Waals surface area (Å²) in [4.78, 5) is 24.9. The predicted octanol–water partition coefficient (Wildman–Crippen LogP) is 5.03. The molecule has 0 amide bonds. The van der Waals surface area contributed by atoms with Crippen molar-refractivity contribution in [3.63, 3.8) is 0 Å². The van der Waals surface area contributed by atoms with Crippen molar-refractivity contribution >= 4 is 11.6 Å². The van der Waals surface area contributed by atoms with Crippen LogP contribution in [-0.2, 0) is 9.59 Å². The van der Waals surface area contributed by atoms with Gasteiger partial charge in [0.05, 0.1) is 5.41 Å². The van der Waals surface area contributed by atoms with Gasteiger partial charge in [0, 0.05) is 12.8 Å². The van der Waals surface area contributed by atoms with Crippen LogP contribution in [0.1, 0.15) is 72.1 Å². The topological polar surface area (TPSA) is 34.1 Å². The van der Waals surface area contributed by atoms with Crippen molar-refractivity contribution in [3.05, 3.63) is 23.3 Å². The van der Waals surface area contributed by atoms with Crippen LogP contribution in [0.15, 0.2) is 23.3 Å². The highest BCUT2D eigenvalue weighted by molar-refractivity contribution is 5.92. The minimum Gasteiger partial charge on any atom is -0.299 e. The Balaban J connectivity index is 1.73. The second-order valence-corrected chi connectivity index (χ2v) is 8.89. The van der Waals surface area contributed by atoms with Gasteiger partial charge < -0.3 is 0 Å². The number of hydrogen-bond donors (Lipinski definition) is 0. The fourth-order valence-corrected chi connectivity index (χ4v) is 6.72. The second-order valence-electron chi connectivity index (χ2n) is 8.89. The third-order valence-electron chi connectivity index (χ3n) is 8.10. The van der Waals surface area contributed by atoms with Gasteiger partial charge in [-0.2, -0.15) is 0 Å². The molecule has 0 N–H and O–H groups in total. The molecule has 0 bridgehead atoms. The average molecular weight is 326 g/mol. The molecule has 2 nitrogen and oxygen atoms in total. The number of carbonyl (C=O) groups is 2. The van der Waals surface area contributed by atoms with Crippen LogP contribution < -0.4 is 0 Å². The number of fused-ring (bicyclic) bond motifs is 5. The molecule has 130 valence electrons. The summed E-state index contributed by atoms with van der Waals surface area (Å²) in [6.45, 7) is 6.71. The van der Waals surface area contributed by atoms with Crippen LogP contribution in [0, 0.1) is 28.6 Å². The minimum atomic E-state index is -0.155. The highest BCUT2D eigenvalue weighted by atomic mass is 16.1. The van der Waals surface area contributed by atoms with E-state index in [1.807, 2.05) is 13.0 Å². The third kappa shape index (κ3) is 1.95. The van der Waals surface area contributed by atoms with Gasteiger partial charge in [-0.15, -0.1) is 0 Å². The Morgan fingerprint density at radius 2 is 2.04 bits per heavy atom. The summed E-state index contributed by atoms with van der Waals surface area (Å²) in [5, 5.41) is 0. The van der Waals surface area contributed by atoms with Crippen molar-refractivity contribution in [3.8, 4) is 0 Å². The molecule has 2 fully saturated rings. The van der Waals surface area contributed by atoms with Crippen molar-refractivity contribution in [2.75, 3.05) is 0 Å². The number of hydrogen-bond acceptors (Lipinski definition) is 2. The Morgan fingerprint density at radius 3 is 2.79 bits per heavy atom. The molecule has 24 heavy (non-hydrogen) atoms. The molecule has 0 aromatic heterocycles. The van der Waals surface area contributed by atoms with E-state index in [0.717, 1.165) is 38.5 Å². The average Bonchev–Trinajstić information content (AvgIpc) is 2.93. The summed E-state index contributed by atoms with van der Waals surface area (Å²) >= 11 is 0. The van der Waals surface area contributed by atoms with E-state index in [1.54, 1.807) is 0 Å². The van der Waals surface area contributed by atoms with Gasteiger partial charge in [0.2, 0.25) is 0 Å². The standard InChI is InChI=1S/C22H30O2/c1-4-20(24)22-12-10-18-17(19(22)8-5-14(22)2)7-6-15-13-16(23)9-11-21(15,18)3/h8,13-14,17-18H,4-7,9-12H2,1-3H3. The lowest BCUT2D eigenvalue weighted by Gasteiger charge is -2.56. The van der Waals surface area contributed by atoms with Crippen molar-refractivity contribution < 1.29 is 9.59 Å². The van der Waals surface area contributed by atoms with E-state index in [2.05, 4.69) is 19.9 Å². The normalized spacial score (nSPS) is 44.1. The highest BCUT2D eigenvalue weighted by Gasteiger charge is 2.58. The fraction of sp³-hybridized carbons (Fsp3) is 0.727. The Kier molecular flexibility index (Phi) is 3.67. The van der Waals surface area contributed by atoms with Gasteiger partial charge in [0.15, 0.2) is 5.78 Å². The molecular formula is C22H30O2. The van der Waals surface area contributed by atoms with Crippen molar-refractivity contribution in [2.45, 2.75) is 72.1 Å². The molecule has 4 rings (SSSR count). The zero-order valence-electron chi connectivity index (χ0n) is 15.4. The summed E-state index contributed by atoms with van der Waals surface area (Å²) in [6, 6.07) is 0. The highest BCUT2D eigenvalue weighted by Crippen LogP contribution is 2.65. The Labute approximate surface area is 145 Å². The lowest BCUT2D eigenvalue weighted by atomic mass is 9.47. The summed E-state index contributed by atoms with van der Waals surface area (Å²) in [5.41, 5.74) is 2.93. The van der Waals surface area contributed by atoms with Crippen molar-refractivity contribution in [2.24, 2.45) is 28.6 Å². The molecule has 4 aliphatic carbocycles. The molecule has 0 heterocycles. The largest absolute Gasteiger partial charge is 0.299 e. The van der Waals surface area contributed by atoms with Gasteiger partial charge in [0.1, 0.15) is 5.78 Å². The summed E-state index contributed by atoms with van der Waals surface area (Å²) < 4.78 is 0. The van der Waals surface area contributed by atoms with Crippen LogP contribution >= 0.6 is 0 Å². The van der Waals surface area contributed by atoms with E-state index in [4.69, 9.17) is 0 Å². The van der Waals surface area contributed by atoms with Crippen LogP contribution in [0.25, 0.3) is 0 Å². The third-order valence-corrected chi connectivity index (χ3v) is 8.10.